The number of benzene rings is 1. The molecule has 0 atom stereocenters. The number of nitrogens with zero attached hydrogens (tertiary/aromatic N) is 4. The minimum absolute atomic E-state index is 0.302. The lowest BCUT2D eigenvalue weighted by molar-refractivity contribution is 0.266. The van der Waals surface area contributed by atoms with Crippen molar-refractivity contribution < 1.29 is 5.11 Å². The van der Waals surface area contributed by atoms with Crippen molar-refractivity contribution in [2.75, 3.05) is 13.1 Å². The van der Waals surface area contributed by atoms with Crippen LogP contribution in [0.25, 0.3) is 0 Å². The van der Waals surface area contributed by atoms with Gasteiger partial charge >= 0.3 is 0 Å². The minimum atomic E-state index is 0.302. The van der Waals surface area contributed by atoms with Gasteiger partial charge in [0.25, 0.3) is 0 Å². The van der Waals surface area contributed by atoms with Crippen LogP contribution in [-0.4, -0.2) is 37.9 Å². The molecule has 5 nitrogen and oxygen atoms in total. The largest absolute Gasteiger partial charge is 0.508 e. The summed E-state index contributed by atoms with van der Waals surface area (Å²) in [5.41, 5.74) is 0.870. The van der Waals surface area contributed by atoms with E-state index in [2.05, 4.69) is 33.5 Å². The van der Waals surface area contributed by atoms with Gasteiger partial charge in [-0.1, -0.05) is 25.4 Å². The lowest BCUT2D eigenvalue weighted by Gasteiger charge is -2.20. The summed E-state index contributed by atoms with van der Waals surface area (Å²) in [7, 11) is 0. The first kappa shape index (κ1) is 15.3. The summed E-state index contributed by atoms with van der Waals surface area (Å²) >= 11 is 6.03. The van der Waals surface area contributed by atoms with Gasteiger partial charge in [-0.25, -0.2) is 0 Å². The Morgan fingerprint density at radius 2 is 2.05 bits per heavy atom. The molecule has 1 aromatic heterocycles. The normalized spacial score (nSPS) is 15.8. The fourth-order valence-electron chi connectivity index (χ4n) is 2.90. The van der Waals surface area contributed by atoms with Crippen LogP contribution in [0.3, 0.4) is 0 Å². The number of phenols is 1. The zero-order valence-corrected chi connectivity index (χ0v) is 13.7. The maximum atomic E-state index is 9.97. The van der Waals surface area contributed by atoms with Crippen LogP contribution in [0, 0.1) is 0 Å². The Kier molecular flexibility index (Phi) is 4.36. The van der Waals surface area contributed by atoms with Gasteiger partial charge in [0.2, 0.25) is 0 Å². The highest BCUT2D eigenvalue weighted by atomic mass is 35.5. The van der Waals surface area contributed by atoms with Crippen LogP contribution < -0.4 is 0 Å². The van der Waals surface area contributed by atoms with E-state index in [1.807, 2.05) is 6.07 Å². The van der Waals surface area contributed by atoms with Crippen molar-refractivity contribution in [2.24, 2.45) is 0 Å². The van der Waals surface area contributed by atoms with Gasteiger partial charge in [-0.15, -0.1) is 10.2 Å². The summed E-state index contributed by atoms with van der Waals surface area (Å²) in [6.07, 6.45) is 0.876. The molecule has 118 valence electrons. The molecule has 0 saturated heterocycles. The van der Waals surface area contributed by atoms with Crippen LogP contribution in [-0.2, 0) is 19.5 Å². The van der Waals surface area contributed by atoms with E-state index in [-0.39, 0.29) is 0 Å². The van der Waals surface area contributed by atoms with E-state index < -0.39 is 0 Å². The topological polar surface area (TPSA) is 54.2 Å². The lowest BCUT2D eigenvalue weighted by atomic mass is 10.2. The van der Waals surface area contributed by atoms with E-state index in [1.54, 1.807) is 12.1 Å². The zero-order valence-electron chi connectivity index (χ0n) is 13.0. The van der Waals surface area contributed by atoms with Gasteiger partial charge < -0.3 is 9.67 Å². The standard InChI is InChI=1S/C16H21ClN4O/c1-11(2)16-19-18-15-5-6-20(7-8-21(15)16)10-12-9-13(17)3-4-14(12)22/h3-4,9,11,22H,5-8,10H2,1-2H3. The van der Waals surface area contributed by atoms with Crippen LogP contribution >= 0.6 is 11.6 Å². The summed E-state index contributed by atoms with van der Waals surface area (Å²) in [6, 6.07) is 5.20. The van der Waals surface area contributed by atoms with Crippen LogP contribution in [0.15, 0.2) is 18.2 Å². The van der Waals surface area contributed by atoms with Crippen molar-refractivity contribution in [3.63, 3.8) is 0 Å². The third kappa shape index (κ3) is 3.10. The average molecular weight is 321 g/mol. The first-order chi connectivity index (χ1) is 10.5. The number of aromatic nitrogens is 3. The van der Waals surface area contributed by atoms with E-state index in [9.17, 15) is 5.11 Å². The molecular weight excluding hydrogens is 300 g/mol. The van der Waals surface area contributed by atoms with Crippen molar-refractivity contribution in [1.82, 2.24) is 19.7 Å². The van der Waals surface area contributed by atoms with Crippen molar-refractivity contribution in [3.05, 3.63) is 40.4 Å². The maximum absolute atomic E-state index is 9.97. The van der Waals surface area contributed by atoms with Gasteiger partial charge in [-0.2, -0.15) is 0 Å². The van der Waals surface area contributed by atoms with Crippen molar-refractivity contribution in [2.45, 2.75) is 39.3 Å². The Balaban J connectivity index is 1.73. The first-order valence-corrected chi connectivity index (χ1v) is 8.04. The smallest absolute Gasteiger partial charge is 0.135 e. The third-order valence-corrected chi connectivity index (χ3v) is 4.33. The second kappa shape index (κ2) is 6.26. The second-order valence-electron chi connectivity index (χ2n) is 6.08. The molecule has 0 saturated carbocycles. The molecule has 0 unspecified atom stereocenters. The first-order valence-electron chi connectivity index (χ1n) is 7.66. The molecule has 0 bridgehead atoms. The van der Waals surface area contributed by atoms with E-state index in [0.717, 1.165) is 43.3 Å². The SMILES string of the molecule is CC(C)c1nnc2n1CCN(Cc1cc(Cl)ccc1O)CC2. The van der Waals surface area contributed by atoms with E-state index in [1.165, 1.54) is 0 Å². The number of fused-ring (bicyclic) bond motifs is 1. The van der Waals surface area contributed by atoms with E-state index in [0.29, 0.717) is 23.2 Å². The van der Waals surface area contributed by atoms with E-state index in [4.69, 9.17) is 11.6 Å². The zero-order chi connectivity index (χ0) is 15.7. The Bertz CT molecular complexity index is 668. The predicted octanol–water partition coefficient (Wildman–Crippen LogP) is 2.82. The fraction of sp³-hybridized carbons (Fsp3) is 0.500. The Morgan fingerprint density at radius 3 is 2.82 bits per heavy atom. The highest BCUT2D eigenvalue weighted by Crippen LogP contribution is 2.24. The molecular formula is C16H21ClN4O. The molecule has 1 aliphatic rings. The molecule has 0 spiro atoms. The Labute approximate surface area is 135 Å². The van der Waals surface area contributed by atoms with Gasteiger partial charge in [0.05, 0.1) is 0 Å². The molecule has 0 fully saturated rings. The monoisotopic (exact) mass is 320 g/mol. The number of phenolic OH excluding ortho intramolecular Hbond substituents is 1. The summed E-state index contributed by atoms with van der Waals surface area (Å²) in [6.45, 7) is 7.69. The maximum Gasteiger partial charge on any atom is 0.135 e. The minimum Gasteiger partial charge on any atom is -0.508 e. The van der Waals surface area contributed by atoms with Crippen molar-refractivity contribution >= 4 is 11.6 Å². The number of hydrogen-bond acceptors (Lipinski definition) is 4. The Hall–Kier alpha value is -1.59. The van der Waals surface area contributed by atoms with Gasteiger partial charge in [0, 0.05) is 49.1 Å². The molecule has 6 heteroatoms. The highest BCUT2D eigenvalue weighted by Gasteiger charge is 2.20. The number of halogens is 1. The Morgan fingerprint density at radius 1 is 1.23 bits per heavy atom. The molecule has 1 aromatic carbocycles. The van der Waals surface area contributed by atoms with Gasteiger partial charge in [0.15, 0.2) is 0 Å². The van der Waals surface area contributed by atoms with Crippen molar-refractivity contribution in [1.29, 1.82) is 0 Å². The number of aromatic hydroxyl groups is 1. The van der Waals surface area contributed by atoms with Crippen LogP contribution in [0.1, 0.15) is 37.0 Å². The second-order valence-corrected chi connectivity index (χ2v) is 6.52. The number of rotatable bonds is 3. The van der Waals surface area contributed by atoms with Gasteiger partial charge in [-0.3, -0.25) is 4.90 Å². The predicted molar refractivity (Wildman–Crippen MR) is 86.2 cm³/mol. The molecule has 2 aromatic rings. The van der Waals surface area contributed by atoms with Crippen LogP contribution in [0.2, 0.25) is 5.02 Å². The molecule has 1 aliphatic heterocycles. The summed E-state index contributed by atoms with van der Waals surface area (Å²) in [4.78, 5) is 2.32. The summed E-state index contributed by atoms with van der Waals surface area (Å²) < 4.78 is 2.24. The number of hydrogen-bond donors (Lipinski definition) is 1. The molecule has 0 aliphatic carbocycles. The lowest BCUT2D eigenvalue weighted by Crippen LogP contribution is -2.26. The van der Waals surface area contributed by atoms with Crippen LogP contribution in [0.5, 0.6) is 5.75 Å². The van der Waals surface area contributed by atoms with Gasteiger partial charge in [0.1, 0.15) is 17.4 Å². The van der Waals surface area contributed by atoms with E-state index >= 15 is 0 Å². The van der Waals surface area contributed by atoms with Gasteiger partial charge in [-0.05, 0) is 18.2 Å². The average Bonchev–Trinajstić information content (AvgIpc) is 2.79. The molecule has 3 rings (SSSR count). The fourth-order valence-corrected chi connectivity index (χ4v) is 3.09. The van der Waals surface area contributed by atoms with Crippen LogP contribution in [0.4, 0.5) is 0 Å². The summed E-state index contributed by atoms with van der Waals surface area (Å²) in [5, 5.41) is 19.3. The molecule has 22 heavy (non-hydrogen) atoms. The summed E-state index contributed by atoms with van der Waals surface area (Å²) in [5.74, 6) is 2.80. The molecule has 2 heterocycles. The molecule has 0 radical (unpaired) electrons. The quantitative estimate of drug-likeness (QED) is 0.945. The van der Waals surface area contributed by atoms with Crippen molar-refractivity contribution in [3.8, 4) is 5.75 Å². The molecule has 0 amide bonds. The molecule has 1 N–H and O–H groups in total. The third-order valence-electron chi connectivity index (χ3n) is 4.10. The highest BCUT2D eigenvalue weighted by molar-refractivity contribution is 6.30.